The Morgan fingerprint density at radius 1 is 1.42 bits per heavy atom. The zero-order valence-electron chi connectivity index (χ0n) is 11.5. The zero-order chi connectivity index (χ0) is 13.8. The molecule has 1 aliphatic rings. The van der Waals surface area contributed by atoms with Crippen LogP contribution in [-0.4, -0.2) is 40.7 Å². The number of carbonyl (C=O) groups is 1. The SMILES string of the molecule is CC(C)N1CC(O)C[C@H]1C(=O)OCc1ccccc1. The van der Waals surface area contributed by atoms with Crippen molar-refractivity contribution in [3.05, 3.63) is 35.9 Å². The second kappa shape index (κ2) is 6.17. The highest BCUT2D eigenvalue weighted by Crippen LogP contribution is 2.22. The van der Waals surface area contributed by atoms with Gasteiger partial charge in [-0.25, -0.2) is 0 Å². The Balaban J connectivity index is 1.92. The van der Waals surface area contributed by atoms with Crippen molar-refractivity contribution < 1.29 is 14.6 Å². The van der Waals surface area contributed by atoms with E-state index in [1.807, 2.05) is 49.1 Å². The van der Waals surface area contributed by atoms with Gasteiger partial charge < -0.3 is 9.84 Å². The number of rotatable bonds is 4. The Morgan fingerprint density at radius 3 is 2.74 bits per heavy atom. The summed E-state index contributed by atoms with van der Waals surface area (Å²) in [6, 6.07) is 9.53. The Labute approximate surface area is 114 Å². The van der Waals surface area contributed by atoms with Crippen LogP contribution in [0.1, 0.15) is 25.8 Å². The van der Waals surface area contributed by atoms with Crippen molar-refractivity contribution in [1.82, 2.24) is 4.90 Å². The maximum absolute atomic E-state index is 12.1. The molecule has 1 aromatic rings. The molecular formula is C15H21NO3. The van der Waals surface area contributed by atoms with Crippen LogP contribution >= 0.6 is 0 Å². The molecule has 104 valence electrons. The minimum Gasteiger partial charge on any atom is -0.460 e. The van der Waals surface area contributed by atoms with E-state index in [0.717, 1.165) is 5.56 Å². The van der Waals surface area contributed by atoms with Crippen molar-refractivity contribution in [2.75, 3.05) is 6.54 Å². The maximum atomic E-state index is 12.1. The fourth-order valence-electron chi connectivity index (χ4n) is 2.47. The molecule has 1 N–H and O–H groups in total. The lowest BCUT2D eigenvalue weighted by atomic mass is 10.2. The predicted octanol–water partition coefficient (Wildman–Crippen LogP) is 1.57. The number of likely N-dealkylation sites (tertiary alicyclic amines) is 1. The van der Waals surface area contributed by atoms with Gasteiger partial charge in [-0.15, -0.1) is 0 Å². The van der Waals surface area contributed by atoms with Gasteiger partial charge in [-0.2, -0.15) is 0 Å². The number of aliphatic hydroxyl groups is 1. The van der Waals surface area contributed by atoms with Gasteiger partial charge in [0.15, 0.2) is 0 Å². The highest BCUT2D eigenvalue weighted by Gasteiger charge is 2.38. The molecule has 19 heavy (non-hydrogen) atoms. The Morgan fingerprint density at radius 2 is 2.11 bits per heavy atom. The van der Waals surface area contributed by atoms with Crippen LogP contribution in [0.2, 0.25) is 0 Å². The number of nitrogens with zero attached hydrogens (tertiary/aromatic N) is 1. The normalized spacial score (nSPS) is 23.8. The number of carbonyl (C=O) groups excluding carboxylic acids is 1. The fourth-order valence-corrected chi connectivity index (χ4v) is 2.47. The van der Waals surface area contributed by atoms with E-state index in [1.165, 1.54) is 0 Å². The smallest absolute Gasteiger partial charge is 0.323 e. The average Bonchev–Trinajstić information content (AvgIpc) is 2.79. The molecule has 0 amide bonds. The molecule has 0 radical (unpaired) electrons. The maximum Gasteiger partial charge on any atom is 0.323 e. The van der Waals surface area contributed by atoms with E-state index < -0.39 is 6.10 Å². The molecular weight excluding hydrogens is 242 g/mol. The molecule has 0 spiro atoms. The van der Waals surface area contributed by atoms with Crippen molar-refractivity contribution in [3.8, 4) is 0 Å². The molecule has 1 unspecified atom stereocenters. The van der Waals surface area contributed by atoms with Gasteiger partial charge in [0, 0.05) is 19.0 Å². The summed E-state index contributed by atoms with van der Waals surface area (Å²) in [4.78, 5) is 14.1. The van der Waals surface area contributed by atoms with Crippen LogP contribution in [0.4, 0.5) is 0 Å². The van der Waals surface area contributed by atoms with Gasteiger partial charge in [0.05, 0.1) is 6.10 Å². The second-order valence-corrected chi connectivity index (χ2v) is 5.29. The molecule has 1 heterocycles. The third kappa shape index (κ3) is 3.55. The van der Waals surface area contributed by atoms with E-state index in [4.69, 9.17) is 4.74 Å². The lowest BCUT2D eigenvalue weighted by Gasteiger charge is -2.26. The van der Waals surface area contributed by atoms with Gasteiger partial charge in [-0.3, -0.25) is 9.69 Å². The number of β-amino-alcohol motifs (C(OH)–C–C–N with tert-alkyl or cyclic N) is 1. The van der Waals surface area contributed by atoms with Crippen LogP contribution < -0.4 is 0 Å². The second-order valence-electron chi connectivity index (χ2n) is 5.29. The first kappa shape index (κ1) is 14.0. The molecule has 0 saturated carbocycles. The summed E-state index contributed by atoms with van der Waals surface area (Å²) in [6.45, 7) is 4.88. The summed E-state index contributed by atoms with van der Waals surface area (Å²) >= 11 is 0. The van der Waals surface area contributed by atoms with E-state index in [-0.39, 0.29) is 24.7 Å². The number of hydrogen-bond donors (Lipinski definition) is 1. The first-order valence-corrected chi connectivity index (χ1v) is 6.72. The molecule has 4 heteroatoms. The van der Waals surface area contributed by atoms with Gasteiger partial charge in [-0.1, -0.05) is 30.3 Å². The molecule has 1 aliphatic heterocycles. The summed E-state index contributed by atoms with van der Waals surface area (Å²) in [5.41, 5.74) is 0.977. The monoisotopic (exact) mass is 263 g/mol. The average molecular weight is 263 g/mol. The molecule has 4 nitrogen and oxygen atoms in total. The van der Waals surface area contributed by atoms with Gasteiger partial charge in [-0.05, 0) is 19.4 Å². The highest BCUT2D eigenvalue weighted by molar-refractivity contribution is 5.76. The van der Waals surface area contributed by atoms with Gasteiger partial charge in [0.1, 0.15) is 12.6 Å². The van der Waals surface area contributed by atoms with E-state index in [1.54, 1.807) is 0 Å². The molecule has 0 aliphatic carbocycles. The summed E-state index contributed by atoms with van der Waals surface area (Å²) in [6.07, 6.45) is 0.0305. The lowest BCUT2D eigenvalue weighted by molar-refractivity contribution is -0.151. The van der Waals surface area contributed by atoms with Crippen molar-refractivity contribution in [2.45, 2.75) is 45.1 Å². The first-order valence-electron chi connectivity index (χ1n) is 6.72. The Kier molecular flexibility index (Phi) is 4.56. The van der Waals surface area contributed by atoms with E-state index in [0.29, 0.717) is 13.0 Å². The Hall–Kier alpha value is -1.39. The van der Waals surface area contributed by atoms with Gasteiger partial charge >= 0.3 is 5.97 Å². The quantitative estimate of drug-likeness (QED) is 0.838. The van der Waals surface area contributed by atoms with Crippen LogP contribution in [-0.2, 0) is 16.1 Å². The van der Waals surface area contributed by atoms with Crippen molar-refractivity contribution in [3.63, 3.8) is 0 Å². The van der Waals surface area contributed by atoms with Crippen LogP contribution in [0, 0.1) is 0 Å². The van der Waals surface area contributed by atoms with Crippen LogP contribution in [0.5, 0.6) is 0 Å². The Bertz CT molecular complexity index is 419. The van der Waals surface area contributed by atoms with Crippen LogP contribution in [0.25, 0.3) is 0 Å². The molecule has 0 bridgehead atoms. The first-order chi connectivity index (χ1) is 9.08. The number of hydrogen-bond acceptors (Lipinski definition) is 4. The van der Waals surface area contributed by atoms with E-state index in [2.05, 4.69) is 0 Å². The lowest BCUT2D eigenvalue weighted by Crippen LogP contribution is -2.41. The van der Waals surface area contributed by atoms with E-state index >= 15 is 0 Å². The van der Waals surface area contributed by atoms with E-state index in [9.17, 15) is 9.90 Å². The summed E-state index contributed by atoms with van der Waals surface area (Å²) in [5.74, 6) is -0.242. The molecule has 1 aromatic carbocycles. The van der Waals surface area contributed by atoms with Gasteiger partial charge in [0.25, 0.3) is 0 Å². The van der Waals surface area contributed by atoms with Crippen molar-refractivity contribution >= 4 is 5.97 Å². The summed E-state index contributed by atoms with van der Waals surface area (Å²) < 4.78 is 5.35. The summed E-state index contributed by atoms with van der Waals surface area (Å²) in [7, 11) is 0. The standard InChI is InChI=1S/C15H21NO3/c1-11(2)16-9-13(17)8-14(16)15(18)19-10-12-6-4-3-5-7-12/h3-7,11,13-14,17H,8-10H2,1-2H3/t13?,14-/m0/s1. The highest BCUT2D eigenvalue weighted by atomic mass is 16.5. The third-order valence-electron chi connectivity index (χ3n) is 3.48. The molecule has 2 atom stereocenters. The molecule has 1 saturated heterocycles. The minimum atomic E-state index is -0.434. The van der Waals surface area contributed by atoms with Crippen molar-refractivity contribution in [2.24, 2.45) is 0 Å². The van der Waals surface area contributed by atoms with Crippen molar-refractivity contribution in [1.29, 1.82) is 0 Å². The topological polar surface area (TPSA) is 49.8 Å². The molecule has 0 aromatic heterocycles. The van der Waals surface area contributed by atoms with Crippen LogP contribution in [0.3, 0.4) is 0 Å². The number of aliphatic hydroxyl groups excluding tert-OH is 1. The molecule has 1 fully saturated rings. The number of ether oxygens (including phenoxy) is 1. The summed E-state index contributed by atoms with van der Waals surface area (Å²) in [5, 5.41) is 9.70. The largest absolute Gasteiger partial charge is 0.460 e. The van der Waals surface area contributed by atoms with Gasteiger partial charge in [0.2, 0.25) is 0 Å². The number of benzene rings is 1. The molecule has 2 rings (SSSR count). The minimum absolute atomic E-state index is 0.228. The van der Waals surface area contributed by atoms with Crippen LogP contribution in [0.15, 0.2) is 30.3 Å². The third-order valence-corrected chi connectivity index (χ3v) is 3.48. The predicted molar refractivity (Wildman–Crippen MR) is 72.5 cm³/mol. The number of esters is 1. The zero-order valence-corrected chi connectivity index (χ0v) is 11.5. The fraction of sp³-hybridized carbons (Fsp3) is 0.533.